The second-order valence-corrected chi connectivity index (χ2v) is 2.88. The summed E-state index contributed by atoms with van der Waals surface area (Å²) < 4.78 is 10.0. The highest BCUT2D eigenvalue weighted by Crippen LogP contribution is 2.36. The standard InChI is InChI=1S/C3H5O3P/c1-2-7(5,6)3-4/h2-3H,1H2,(H,5,6). The maximum absolute atomic E-state index is 10.0. The monoisotopic (exact) mass is 120 g/mol. The van der Waals surface area contributed by atoms with Crippen molar-refractivity contribution in [2.75, 3.05) is 0 Å². The van der Waals surface area contributed by atoms with E-state index in [0.29, 0.717) is 0 Å². The van der Waals surface area contributed by atoms with Gasteiger partial charge >= 0.3 is 0 Å². The molecule has 0 saturated carbocycles. The van der Waals surface area contributed by atoms with E-state index in [-0.39, 0.29) is 6.03 Å². The Bertz CT molecular complexity index is 116. The first-order valence-corrected chi connectivity index (χ1v) is 3.34. The van der Waals surface area contributed by atoms with Crippen LogP contribution in [0.3, 0.4) is 0 Å². The Labute approximate surface area is 41.1 Å². The van der Waals surface area contributed by atoms with Crippen LogP contribution in [0.2, 0.25) is 0 Å². The Kier molecular flexibility index (Phi) is 1.93. The fraction of sp³-hybridized carbons (Fsp3) is 0. The van der Waals surface area contributed by atoms with Crippen LogP contribution in [0.15, 0.2) is 12.4 Å². The molecule has 0 amide bonds. The molecule has 0 fully saturated rings. The van der Waals surface area contributed by atoms with Crippen molar-refractivity contribution < 1.29 is 14.3 Å². The molecule has 1 N–H and O–H groups in total. The Morgan fingerprint density at radius 1 is 1.71 bits per heavy atom. The lowest BCUT2D eigenvalue weighted by Gasteiger charge is -1.87. The molecule has 1 atom stereocenters. The van der Waals surface area contributed by atoms with Crippen LogP contribution in [0.25, 0.3) is 0 Å². The van der Waals surface area contributed by atoms with Crippen molar-refractivity contribution in [3.8, 4) is 0 Å². The summed E-state index contributed by atoms with van der Waals surface area (Å²) in [6.07, 6.45) is 0. The number of hydrogen-bond acceptors (Lipinski definition) is 2. The minimum Gasteiger partial charge on any atom is -0.337 e. The highest BCUT2D eigenvalue weighted by molar-refractivity contribution is 7.75. The molecule has 0 aliphatic rings. The summed E-state index contributed by atoms with van der Waals surface area (Å²) in [7, 11) is -3.57. The number of rotatable bonds is 2. The van der Waals surface area contributed by atoms with Crippen LogP contribution in [-0.2, 0) is 9.36 Å². The Morgan fingerprint density at radius 3 is 2.14 bits per heavy atom. The molecular weight excluding hydrogens is 115 g/mol. The average molecular weight is 120 g/mol. The van der Waals surface area contributed by atoms with E-state index in [2.05, 4.69) is 6.58 Å². The largest absolute Gasteiger partial charge is 0.337 e. The molecule has 1 unspecified atom stereocenters. The van der Waals surface area contributed by atoms with Crippen molar-refractivity contribution in [2.45, 2.75) is 0 Å². The number of hydrogen-bond donors (Lipinski definition) is 1. The van der Waals surface area contributed by atoms with Crippen molar-refractivity contribution >= 4 is 13.4 Å². The maximum Gasteiger partial charge on any atom is 0.282 e. The predicted octanol–water partition coefficient (Wildman–Crippen LogP) is 0.591. The van der Waals surface area contributed by atoms with Crippen molar-refractivity contribution in [3.63, 3.8) is 0 Å². The molecule has 0 bridgehead atoms. The first-order chi connectivity index (χ1) is 3.12. The molecule has 0 radical (unpaired) electrons. The molecular formula is C3H5O3P. The fourth-order valence-electron chi connectivity index (χ4n) is 0.0430. The maximum atomic E-state index is 10.0. The Morgan fingerprint density at radius 2 is 2.14 bits per heavy atom. The summed E-state index contributed by atoms with van der Waals surface area (Å²) >= 11 is 0. The molecule has 0 heterocycles. The van der Waals surface area contributed by atoms with Gasteiger partial charge in [0.05, 0.1) is 0 Å². The van der Waals surface area contributed by atoms with Crippen LogP contribution < -0.4 is 0 Å². The third-order valence-corrected chi connectivity index (χ3v) is 1.24. The van der Waals surface area contributed by atoms with Gasteiger partial charge in [-0.3, -0.25) is 9.36 Å². The van der Waals surface area contributed by atoms with Crippen LogP contribution in [0.4, 0.5) is 0 Å². The zero-order valence-electron chi connectivity index (χ0n) is 3.57. The van der Waals surface area contributed by atoms with Crippen LogP contribution in [0.1, 0.15) is 0 Å². The van der Waals surface area contributed by atoms with Crippen LogP contribution in [0.5, 0.6) is 0 Å². The second-order valence-electron chi connectivity index (χ2n) is 0.960. The van der Waals surface area contributed by atoms with Crippen molar-refractivity contribution in [1.29, 1.82) is 0 Å². The third kappa shape index (κ3) is 2.31. The highest BCUT2D eigenvalue weighted by Gasteiger charge is 2.07. The van der Waals surface area contributed by atoms with Crippen molar-refractivity contribution in [1.82, 2.24) is 0 Å². The molecule has 0 aromatic rings. The van der Waals surface area contributed by atoms with Gasteiger partial charge in [-0.1, -0.05) is 6.58 Å². The summed E-state index contributed by atoms with van der Waals surface area (Å²) in [6, 6.07) is -0.0139. The molecule has 0 aromatic heterocycles. The van der Waals surface area contributed by atoms with Gasteiger partial charge in [-0.15, -0.1) is 0 Å². The molecule has 3 nitrogen and oxygen atoms in total. The van der Waals surface area contributed by atoms with Gasteiger partial charge in [0.1, 0.15) is 0 Å². The lowest BCUT2D eigenvalue weighted by molar-refractivity contribution is 0.492. The van der Waals surface area contributed by atoms with Crippen LogP contribution in [0, 0.1) is 0 Å². The van der Waals surface area contributed by atoms with E-state index in [1.807, 2.05) is 0 Å². The average Bonchev–Trinajstić information content (AvgIpc) is 1.68. The summed E-state index contributed by atoms with van der Waals surface area (Å²) in [5.74, 6) is 0.736. The minimum absolute atomic E-state index is 0.0139. The van der Waals surface area contributed by atoms with E-state index < -0.39 is 7.37 Å². The van der Waals surface area contributed by atoms with Gasteiger partial charge in [0.15, 0.2) is 0 Å². The number of carbonyl (C=O) groups is 1. The fourth-order valence-corrected chi connectivity index (χ4v) is 0.129. The molecule has 0 spiro atoms. The summed E-state index contributed by atoms with van der Waals surface area (Å²) in [5, 5.41) is 0. The van der Waals surface area contributed by atoms with Crippen LogP contribution in [-0.4, -0.2) is 10.9 Å². The molecule has 0 aliphatic carbocycles. The Hall–Kier alpha value is -0.400. The predicted molar refractivity (Wildman–Crippen MR) is 26.8 cm³/mol. The topological polar surface area (TPSA) is 54.4 Å². The lowest BCUT2D eigenvalue weighted by atomic mass is 11.3. The van der Waals surface area contributed by atoms with E-state index >= 15 is 0 Å². The normalized spacial score (nSPS) is 17.3. The first kappa shape index (κ1) is 6.60. The molecule has 7 heavy (non-hydrogen) atoms. The van der Waals surface area contributed by atoms with E-state index in [1.54, 1.807) is 0 Å². The van der Waals surface area contributed by atoms with Gasteiger partial charge in [-0.05, 0) is 0 Å². The molecule has 0 aromatic carbocycles. The Balaban J connectivity index is 4.13. The quantitative estimate of drug-likeness (QED) is 0.428. The molecule has 0 saturated heterocycles. The van der Waals surface area contributed by atoms with Gasteiger partial charge in [-0.2, -0.15) is 0 Å². The third-order valence-electron chi connectivity index (χ3n) is 0.413. The SMILES string of the molecule is C=CP(=O)(O)C=O. The summed E-state index contributed by atoms with van der Waals surface area (Å²) in [4.78, 5) is 17.7. The zero-order valence-corrected chi connectivity index (χ0v) is 4.47. The highest BCUT2D eigenvalue weighted by atomic mass is 31.2. The van der Waals surface area contributed by atoms with E-state index in [4.69, 9.17) is 4.89 Å². The van der Waals surface area contributed by atoms with Crippen molar-refractivity contribution in [3.05, 3.63) is 12.4 Å². The van der Waals surface area contributed by atoms with Gasteiger partial charge in [0.25, 0.3) is 7.37 Å². The summed E-state index contributed by atoms with van der Waals surface area (Å²) in [6.45, 7) is 2.96. The van der Waals surface area contributed by atoms with E-state index in [9.17, 15) is 9.36 Å². The summed E-state index contributed by atoms with van der Waals surface area (Å²) in [5.41, 5.74) is 0. The van der Waals surface area contributed by atoms with Gasteiger partial charge in [0.2, 0.25) is 6.03 Å². The minimum atomic E-state index is -3.57. The smallest absolute Gasteiger partial charge is 0.282 e. The molecule has 40 valence electrons. The number of carbonyl (C=O) groups excluding carboxylic acids is 1. The van der Waals surface area contributed by atoms with Gasteiger partial charge < -0.3 is 4.89 Å². The second kappa shape index (κ2) is 2.05. The first-order valence-electron chi connectivity index (χ1n) is 1.54. The van der Waals surface area contributed by atoms with Crippen LogP contribution >= 0.6 is 7.37 Å². The lowest BCUT2D eigenvalue weighted by Crippen LogP contribution is -1.70. The zero-order chi connectivity index (χ0) is 5.91. The van der Waals surface area contributed by atoms with E-state index in [0.717, 1.165) is 5.82 Å². The molecule has 0 rings (SSSR count). The van der Waals surface area contributed by atoms with Gasteiger partial charge in [0, 0.05) is 5.82 Å². The van der Waals surface area contributed by atoms with E-state index in [1.165, 1.54) is 0 Å². The van der Waals surface area contributed by atoms with Gasteiger partial charge in [-0.25, -0.2) is 0 Å². The van der Waals surface area contributed by atoms with Crippen molar-refractivity contribution in [2.24, 2.45) is 0 Å². The molecule has 0 aliphatic heterocycles. The molecule has 4 heteroatoms.